The van der Waals surface area contributed by atoms with E-state index >= 15 is 0 Å². The van der Waals surface area contributed by atoms with Gasteiger partial charge in [0.15, 0.2) is 5.95 Å². The first-order valence-corrected chi connectivity index (χ1v) is 5.06. The quantitative estimate of drug-likeness (QED) is 0.729. The van der Waals surface area contributed by atoms with Crippen LogP contribution in [0, 0.1) is 0 Å². The molecule has 0 aliphatic rings. The van der Waals surface area contributed by atoms with Crippen molar-refractivity contribution >= 4 is 5.57 Å². The SMILES string of the molecule is C=C(CC)c1c([O-])on[n+]1-c1ccccc1. The van der Waals surface area contributed by atoms with E-state index in [-0.39, 0.29) is 0 Å². The molecule has 0 spiro atoms. The lowest BCUT2D eigenvalue weighted by atomic mass is 10.1. The van der Waals surface area contributed by atoms with E-state index in [2.05, 4.69) is 16.4 Å². The first kappa shape index (κ1) is 10.4. The standard InChI is InChI=1S/C12H12N2O2/c1-3-9(2)11-12(15)16-13-14(11)10-7-5-4-6-8-10/h4-8H,2-3H2,1H3. The molecule has 0 saturated heterocycles. The Morgan fingerprint density at radius 1 is 1.44 bits per heavy atom. The Hall–Kier alpha value is -2.10. The smallest absolute Gasteiger partial charge is 0.266 e. The number of aromatic nitrogens is 2. The van der Waals surface area contributed by atoms with Crippen LogP contribution >= 0.6 is 0 Å². The zero-order chi connectivity index (χ0) is 11.5. The summed E-state index contributed by atoms with van der Waals surface area (Å²) in [5, 5.41) is 15.2. The van der Waals surface area contributed by atoms with Gasteiger partial charge in [-0.3, -0.25) is 0 Å². The molecule has 82 valence electrons. The van der Waals surface area contributed by atoms with Crippen molar-refractivity contribution in [2.75, 3.05) is 0 Å². The monoisotopic (exact) mass is 216 g/mol. The third-order valence-corrected chi connectivity index (χ3v) is 2.37. The number of benzene rings is 1. The van der Waals surface area contributed by atoms with Crippen LogP contribution in [0.4, 0.5) is 0 Å². The van der Waals surface area contributed by atoms with E-state index in [0.717, 1.165) is 11.3 Å². The highest BCUT2D eigenvalue weighted by atomic mass is 16.6. The van der Waals surface area contributed by atoms with Gasteiger partial charge in [0.2, 0.25) is 5.69 Å². The van der Waals surface area contributed by atoms with E-state index in [1.165, 1.54) is 4.68 Å². The van der Waals surface area contributed by atoms with Crippen LogP contribution in [0.15, 0.2) is 41.4 Å². The Kier molecular flexibility index (Phi) is 2.72. The maximum absolute atomic E-state index is 11.5. The summed E-state index contributed by atoms with van der Waals surface area (Å²) in [5.74, 6) is -0.448. The molecule has 2 aromatic rings. The zero-order valence-corrected chi connectivity index (χ0v) is 9.01. The Morgan fingerprint density at radius 2 is 2.12 bits per heavy atom. The van der Waals surface area contributed by atoms with Gasteiger partial charge in [0.25, 0.3) is 5.69 Å². The van der Waals surface area contributed by atoms with Crippen LogP contribution in [0.3, 0.4) is 0 Å². The summed E-state index contributed by atoms with van der Waals surface area (Å²) >= 11 is 0. The fraction of sp³-hybridized carbons (Fsp3) is 0.167. The number of hydrogen-bond donors (Lipinski definition) is 0. The molecule has 0 atom stereocenters. The average Bonchev–Trinajstić information content (AvgIpc) is 2.71. The lowest BCUT2D eigenvalue weighted by molar-refractivity contribution is -0.672. The Balaban J connectivity index is 2.55. The summed E-state index contributed by atoms with van der Waals surface area (Å²) in [7, 11) is 0. The minimum atomic E-state index is -0.448. The average molecular weight is 216 g/mol. The first-order chi connectivity index (χ1) is 7.74. The highest BCUT2D eigenvalue weighted by Crippen LogP contribution is 2.20. The third-order valence-electron chi connectivity index (χ3n) is 2.37. The van der Waals surface area contributed by atoms with Gasteiger partial charge in [-0.1, -0.05) is 31.7 Å². The fourth-order valence-electron chi connectivity index (χ4n) is 1.46. The van der Waals surface area contributed by atoms with E-state index in [0.29, 0.717) is 12.1 Å². The van der Waals surface area contributed by atoms with Gasteiger partial charge >= 0.3 is 0 Å². The molecule has 16 heavy (non-hydrogen) atoms. The molecule has 0 amide bonds. The molecule has 2 rings (SSSR count). The molecule has 0 fully saturated rings. The van der Waals surface area contributed by atoms with E-state index < -0.39 is 5.95 Å². The van der Waals surface area contributed by atoms with Gasteiger partial charge < -0.3 is 9.63 Å². The van der Waals surface area contributed by atoms with Gasteiger partial charge in [0, 0.05) is 17.7 Å². The summed E-state index contributed by atoms with van der Waals surface area (Å²) in [4.78, 5) is 0. The highest BCUT2D eigenvalue weighted by molar-refractivity contribution is 5.60. The van der Waals surface area contributed by atoms with Crippen LogP contribution in [-0.4, -0.2) is 5.27 Å². The van der Waals surface area contributed by atoms with Crippen molar-refractivity contribution in [3.63, 3.8) is 0 Å². The van der Waals surface area contributed by atoms with Crippen LogP contribution in [0.2, 0.25) is 0 Å². The van der Waals surface area contributed by atoms with E-state index in [1.54, 1.807) is 0 Å². The summed E-state index contributed by atoms with van der Waals surface area (Å²) in [6.07, 6.45) is 0.684. The molecule has 0 bridgehead atoms. The van der Waals surface area contributed by atoms with E-state index in [9.17, 15) is 5.11 Å². The topological polar surface area (TPSA) is 53.0 Å². The maximum atomic E-state index is 11.5. The van der Waals surface area contributed by atoms with Crippen LogP contribution < -0.4 is 9.79 Å². The van der Waals surface area contributed by atoms with Crippen molar-refractivity contribution in [1.82, 2.24) is 5.27 Å². The largest absolute Gasteiger partial charge is 0.539 e. The molecule has 0 saturated carbocycles. The summed E-state index contributed by atoms with van der Waals surface area (Å²) < 4.78 is 6.15. The van der Waals surface area contributed by atoms with Crippen molar-refractivity contribution < 1.29 is 14.3 Å². The molecule has 0 N–H and O–H groups in total. The summed E-state index contributed by atoms with van der Waals surface area (Å²) in [5.41, 5.74) is 1.92. The van der Waals surface area contributed by atoms with Gasteiger partial charge in [0.1, 0.15) is 0 Å². The summed E-state index contributed by atoms with van der Waals surface area (Å²) in [6, 6.07) is 9.36. The van der Waals surface area contributed by atoms with Crippen LogP contribution in [0.25, 0.3) is 11.3 Å². The van der Waals surface area contributed by atoms with Crippen molar-refractivity contribution in [2.45, 2.75) is 13.3 Å². The predicted molar refractivity (Wildman–Crippen MR) is 56.8 cm³/mol. The normalized spacial score (nSPS) is 10.3. The molecule has 1 aromatic heterocycles. The molecule has 1 heterocycles. The van der Waals surface area contributed by atoms with Crippen LogP contribution in [0.1, 0.15) is 19.0 Å². The molecule has 0 unspecified atom stereocenters. The molecular weight excluding hydrogens is 204 g/mol. The van der Waals surface area contributed by atoms with Crippen molar-refractivity contribution in [2.24, 2.45) is 0 Å². The first-order valence-electron chi connectivity index (χ1n) is 5.06. The maximum Gasteiger partial charge on any atom is 0.266 e. The molecular formula is C12H12N2O2. The molecule has 4 heteroatoms. The Labute approximate surface area is 93.4 Å². The van der Waals surface area contributed by atoms with E-state index in [1.807, 2.05) is 37.3 Å². The lowest BCUT2D eigenvalue weighted by Crippen LogP contribution is -2.36. The lowest BCUT2D eigenvalue weighted by Gasteiger charge is -1.98. The number of hydrogen-bond acceptors (Lipinski definition) is 3. The number of allylic oxidation sites excluding steroid dienone is 1. The number of para-hydroxylation sites is 1. The van der Waals surface area contributed by atoms with Gasteiger partial charge in [-0.15, -0.1) is 0 Å². The van der Waals surface area contributed by atoms with E-state index in [4.69, 9.17) is 0 Å². The molecule has 1 aromatic carbocycles. The molecule has 0 aliphatic heterocycles. The second-order valence-corrected chi connectivity index (χ2v) is 3.41. The van der Waals surface area contributed by atoms with Gasteiger partial charge in [-0.2, -0.15) is 0 Å². The molecule has 0 radical (unpaired) electrons. The predicted octanol–water partition coefficient (Wildman–Crippen LogP) is 1.45. The van der Waals surface area contributed by atoms with Crippen molar-refractivity contribution in [1.29, 1.82) is 0 Å². The van der Waals surface area contributed by atoms with Gasteiger partial charge in [0.05, 0.1) is 5.27 Å². The molecule has 4 nitrogen and oxygen atoms in total. The van der Waals surface area contributed by atoms with Crippen LogP contribution in [0.5, 0.6) is 5.95 Å². The third kappa shape index (κ3) is 1.69. The zero-order valence-electron chi connectivity index (χ0n) is 9.01. The van der Waals surface area contributed by atoms with Crippen molar-refractivity contribution in [3.05, 3.63) is 42.6 Å². The Bertz CT molecular complexity index is 503. The second kappa shape index (κ2) is 4.18. The van der Waals surface area contributed by atoms with Crippen LogP contribution in [-0.2, 0) is 0 Å². The van der Waals surface area contributed by atoms with Gasteiger partial charge in [-0.25, -0.2) is 0 Å². The Morgan fingerprint density at radius 3 is 2.75 bits per heavy atom. The molecule has 0 aliphatic carbocycles. The number of nitrogens with zero attached hydrogens (tertiary/aromatic N) is 2. The van der Waals surface area contributed by atoms with Gasteiger partial charge in [-0.05, 0) is 11.1 Å². The minimum absolute atomic E-state index is 0.411. The fourth-order valence-corrected chi connectivity index (χ4v) is 1.46. The van der Waals surface area contributed by atoms with Crippen molar-refractivity contribution in [3.8, 4) is 11.6 Å². The highest BCUT2D eigenvalue weighted by Gasteiger charge is 2.21. The second-order valence-electron chi connectivity index (χ2n) is 3.41. The number of rotatable bonds is 3. The summed E-state index contributed by atoms with van der Waals surface area (Å²) in [6.45, 7) is 5.78. The minimum Gasteiger partial charge on any atom is -0.539 e.